The topological polar surface area (TPSA) is 9.23 Å². The van der Waals surface area contributed by atoms with Crippen molar-refractivity contribution in [3.8, 4) is 0 Å². The molecule has 0 saturated heterocycles. The first kappa shape index (κ1) is 12.4. The van der Waals surface area contributed by atoms with E-state index in [9.17, 15) is 0 Å². The van der Waals surface area contributed by atoms with E-state index >= 15 is 0 Å². The molecular weight excluding hydrogens is 279 g/mol. The van der Waals surface area contributed by atoms with Gasteiger partial charge in [-0.15, -0.1) is 0 Å². The first-order valence-corrected chi connectivity index (χ1v) is 13.4. The Morgan fingerprint density at radius 1 is 1.14 bits per heavy atom. The molecule has 1 nitrogen and oxygen atoms in total. The molecule has 0 fully saturated rings. The van der Waals surface area contributed by atoms with Gasteiger partial charge < -0.3 is 0 Å². The van der Waals surface area contributed by atoms with Gasteiger partial charge in [-0.1, -0.05) is 0 Å². The summed E-state index contributed by atoms with van der Waals surface area (Å²) in [5, 5.41) is 0. The maximum atomic E-state index is 6.40. The molecular formula is C12H24OSn. The second kappa shape index (κ2) is 6.04. The molecule has 0 amide bonds. The summed E-state index contributed by atoms with van der Waals surface area (Å²) in [7, 11) is 0. The Balaban J connectivity index is 2.57. The summed E-state index contributed by atoms with van der Waals surface area (Å²) in [6, 6.07) is 0. The third-order valence-corrected chi connectivity index (χ3v) is 16.5. The van der Waals surface area contributed by atoms with Crippen LogP contribution in [0.25, 0.3) is 0 Å². The van der Waals surface area contributed by atoms with Gasteiger partial charge in [0.05, 0.1) is 0 Å². The molecule has 0 heterocycles. The van der Waals surface area contributed by atoms with Gasteiger partial charge in [0.1, 0.15) is 0 Å². The zero-order valence-electron chi connectivity index (χ0n) is 9.94. The molecule has 82 valence electrons. The average Bonchev–Trinajstić information content (AvgIpc) is 2.28. The quantitative estimate of drug-likeness (QED) is 0.681. The summed E-state index contributed by atoms with van der Waals surface area (Å²) in [5.41, 5.74) is 0. The van der Waals surface area contributed by atoms with Crippen molar-refractivity contribution in [3.05, 3.63) is 11.8 Å². The molecule has 0 aliphatic heterocycles. The van der Waals surface area contributed by atoms with Crippen molar-refractivity contribution < 1.29 is 3.07 Å². The number of rotatable bonds is 5. The van der Waals surface area contributed by atoms with Crippen LogP contribution in [0.5, 0.6) is 0 Å². The van der Waals surface area contributed by atoms with Crippen molar-refractivity contribution in [1.82, 2.24) is 0 Å². The summed E-state index contributed by atoms with van der Waals surface area (Å²) in [4.78, 5) is 0. The normalized spacial score (nSPS) is 17.8. The summed E-state index contributed by atoms with van der Waals surface area (Å²) in [6.45, 7) is 6.98. The van der Waals surface area contributed by atoms with E-state index in [1.807, 2.05) is 0 Å². The van der Waals surface area contributed by atoms with Gasteiger partial charge in [0.2, 0.25) is 0 Å². The van der Waals surface area contributed by atoms with Gasteiger partial charge in [0, 0.05) is 0 Å². The van der Waals surface area contributed by atoms with Crippen LogP contribution in [0.1, 0.15) is 46.5 Å². The Hall–Kier alpha value is 0.339. The van der Waals surface area contributed by atoms with Crippen LogP contribution in [0.3, 0.4) is 0 Å². The molecule has 0 radical (unpaired) electrons. The summed E-state index contributed by atoms with van der Waals surface area (Å²) in [6.07, 6.45) is 7.49. The molecule has 1 aliphatic rings. The molecule has 2 heteroatoms. The molecule has 14 heavy (non-hydrogen) atoms. The second-order valence-electron chi connectivity index (χ2n) is 4.26. The van der Waals surface area contributed by atoms with E-state index in [-0.39, 0.29) is 0 Å². The first-order chi connectivity index (χ1) is 6.76. The number of hydrogen-bond acceptors (Lipinski definition) is 1. The van der Waals surface area contributed by atoms with E-state index in [2.05, 4.69) is 26.8 Å². The minimum atomic E-state index is -2.13. The van der Waals surface area contributed by atoms with Crippen LogP contribution in [-0.4, -0.2) is 18.8 Å². The molecule has 0 aromatic heterocycles. The average molecular weight is 303 g/mol. The van der Waals surface area contributed by atoms with Crippen LogP contribution in [0, 0.1) is 0 Å². The molecule has 1 rings (SSSR count). The van der Waals surface area contributed by atoms with Crippen molar-refractivity contribution in [3.63, 3.8) is 0 Å². The Kier molecular flexibility index (Phi) is 5.35. The molecule has 0 unspecified atom stereocenters. The van der Waals surface area contributed by atoms with E-state index in [0.29, 0.717) is 0 Å². The van der Waals surface area contributed by atoms with Gasteiger partial charge in [0.25, 0.3) is 0 Å². The number of allylic oxidation sites excluding steroid dienone is 2. The van der Waals surface area contributed by atoms with Crippen molar-refractivity contribution >= 4 is 18.8 Å². The van der Waals surface area contributed by atoms with Crippen molar-refractivity contribution in [1.29, 1.82) is 0 Å². The second-order valence-corrected chi connectivity index (χ2v) is 17.7. The molecule has 1 aliphatic carbocycles. The van der Waals surface area contributed by atoms with Crippen LogP contribution in [0.15, 0.2) is 11.8 Å². The Morgan fingerprint density at radius 2 is 1.79 bits per heavy atom. The minimum absolute atomic E-state index is 1.21. The fourth-order valence-electron chi connectivity index (χ4n) is 2.15. The van der Waals surface area contributed by atoms with Crippen LogP contribution >= 0.6 is 0 Å². The van der Waals surface area contributed by atoms with E-state index in [0.717, 1.165) is 0 Å². The zero-order valence-corrected chi connectivity index (χ0v) is 12.8. The van der Waals surface area contributed by atoms with Crippen molar-refractivity contribution in [2.75, 3.05) is 0 Å². The van der Waals surface area contributed by atoms with E-state index in [1.165, 1.54) is 44.8 Å². The van der Waals surface area contributed by atoms with E-state index < -0.39 is 18.8 Å². The molecule has 0 saturated carbocycles. The van der Waals surface area contributed by atoms with Gasteiger partial charge in [-0.05, 0) is 0 Å². The SMILES string of the molecule is C[CH2][Sn]([CH2]C)([CH2]C)[O]C1=CCCCC1. The van der Waals surface area contributed by atoms with Crippen LogP contribution < -0.4 is 0 Å². The van der Waals surface area contributed by atoms with Gasteiger partial charge in [-0.3, -0.25) is 0 Å². The zero-order chi connectivity index (χ0) is 10.4. The van der Waals surface area contributed by atoms with Gasteiger partial charge >= 0.3 is 93.5 Å². The summed E-state index contributed by atoms with van der Waals surface area (Å²) in [5.74, 6) is 1.35. The van der Waals surface area contributed by atoms with Crippen LogP contribution in [0.4, 0.5) is 0 Å². The molecule has 0 spiro atoms. The van der Waals surface area contributed by atoms with Crippen molar-refractivity contribution in [2.24, 2.45) is 0 Å². The monoisotopic (exact) mass is 304 g/mol. The molecule has 0 aromatic carbocycles. The Labute approximate surface area is 93.3 Å². The van der Waals surface area contributed by atoms with Gasteiger partial charge in [-0.25, -0.2) is 0 Å². The van der Waals surface area contributed by atoms with Gasteiger partial charge in [0.15, 0.2) is 0 Å². The predicted molar refractivity (Wildman–Crippen MR) is 64.8 cm³/mol. The predicted octanol–water partition coefficient (Wildman–Crippen LogP) is 4.47. The van der Waals surface area contributed by atoms with Crippen LogP contribution in [-0.2, 0) is 3.07 Å². The molecule has 0 aromatic rings. The Bertz CT molecular complexity index is 186. The molecule has 0 atom stereocenters. The van der Waals surface area contributed by atoms with E-state index in [4.69, 9.17) is 3.07 Å². The fraction of sp³-hybridized carbons (Fsp3) is 0.833. The summed E-state index contributed by atoms with van der Waals surface area (Å²) >= 11 is -2.13. The van der Waals surface area contributed by atoms with Gasteiger partial charge in [-0.2, -0.15) is 0 Å². The Morgan fingerprint density at radius 3 is 2.21 bits per heavy atom. The van der Waals surface area contributed by atoms with Crippen LogP contribution in [0.2, 0.25) is 13.3 Å². The fourth-order valence-corrected chi connectivity index (χ4v) is 9.78. The number of hydrogen-bond donors (Lipinski definition) is 0. The summed E-state index contributed by atoms with van der Waals surface area (Å²) < 4.78 is 10.4. The maximum absolute atomic E-state index is 6.40. The molecule has 0 N–H and O–H groups in total. The van der Waals surface area contributed by atoms with Crippen molar-refractivity contribution in [2.45, 2.75) is 59.8 Å². The standard InChI is InChI=1S/C6H10O.3C2H5.Sn/c7-6-4-2-1-3-5-6;3*1-2;/h4,7H,1-3,5H2;3*1H2,2H3;/q;;;;+1/p-1. The third-order valence-electron chi connectivity index (χ3n) is 3.53. The molecule has 0 bridgehead atoms. The third kappa shape index (κ3) is 3.18. The van der Waals surface area contributed by atoms with E-state index in [1.54, 1.807) is 0 Å². The first-order valence-electron chi connectivity index (χ1n) is 6.14.